The van der Waals surface area contributed by atoms with Gasteiger partial charge in [0.15, 0.2) is 10.7 Å². The molecule has 0 amide bonds. The Morgan fingerprint density at radius 3 is 3.33 bits per heavy atom. The fraction of sp³-hybridized carbons (Fsp3) is 0.167. The van der Waals surface area contributed by atoms with Gasteiger partial charge >= 0.3 is 0 Å². The predicted octanol–water partition coefficient (Wildman–Crippen LogP) is 1.40. The van der Waals surface area contributed by atoms with Crippen molar-refractivity contribution < 1.29 is 0 Å². The van der Waals surface area contributed by atoms with Crippen molar-refractivity contribution in [1.82, 2.24) is 10.3 Å². The van der Waals surface area contributed by atoms with Crippen LogP contribution in [0.5, 0.6) is 0 Å². The highest BCUT2D eigenvalue weighted by atomic mass is 35.5. The third-order valence-corrected chi connectivity index (χ3v) is 2.09. The van der Waals surface area contributed by atoms with Crippen molar-refractivity contribution in [3.05, 3.63) is 15.5 Å². The van der Waals surface area contributed by atoms with Crippen molar-refractivity contribution in [2.75, 3.05) is 0 Å². The molecule has 12 heavy (non-hydrogen) atoms. The first kappa shape index (κ1) is 8.97. The number of hydrogen-bond donors (Lipinski definition) is 1. The Morgan fingerprint density at radius 1 is 1.92 bits per heavy atom. The van der Waals surface area contributed by atoms with Crippen LogP contribution in [0, 0.1) is 11.5 Å². The van der Waals surface area contributed by atoms with E-state index in [1.807, 2.05) is 0 Å². The summed E-state index contributed by atoms with van der Waals surface area (Å²) in [6, 6.07) is 0. The van der Waals surface area contributed by atoms with Crippen LogP contribution < -0.4 is 5.32 Å². The van der Waals surface area contributed by atoms with Crippen molar-refractivity contribution in [3.63, 3.8) is 0 Å². The first-order chi connectivity index (χ1) is 5.83. The normalized spacial score (nSPS) is 10.0. The summed E-state index contributed by atoms with van der Waals surface area (Å²) in [5, 5.41) is 10.4. The molecule has 0 bridgehead atoms. The highest BCUT2D eigenvalue weighted by Crippen LogP contribution is 2.17. The molecule has 0 aromatic carbocycles. The molecule has 0 atom stereocenters. The van der Waals surface area contributed by atoms with Gasteiger partial charge in [0, 0.05) is 11.1 Å². The highest BCUT2D eigenvalue weighted by molar-refractivity contribution is 7.15. The second-order valence-corrected chi connectivity index (χ2v) is 3.50. The lowest BCUT2D eigenvalue weighted by molar-refractivity contribution is 1.08. The molecule has 0 spiro atoms. The SMILES string of the molecule is N#CNC=NCc1cnc(Cl)s1. The molecule has 0 saturated heterocycles. The smallest absolute Gasteiger partial charge is 0.183 e. The number of rotatable bonds is 3. The highest BCUT2D eigenvalue weighted by Gasteiger charge is 1.95. The molecule has 0 unspecified atom stereocenters. The number of halogens is 1. The quantitative estimate of drug-likeness (QED) is 0.347. The van der Waals surface area contributed by atoms with E-state index >= 15 is 0 Å². The lowest BCUT2D eigenvalue weighted by atomic mass is 10.6. The fourth-order valence-corrected chi connectivity index (χ4v) is 1.48. The van der Waals surface area contributed by atoms with E-state index in [0.717, 1.165) is 4.88 Å². The Kier molecular flexibility index (Phi) is 3.51. The maximum atomic E-state index is 8.08. The van der Waals surface area contributed by atoms with Gasteiger partial charge in [0.25, 0.3) is 0 Å². The standard InChI is InChI=1S/C6H5ClN4S/c7-6-11-2-5(12-6)1-9-4-10-3-8/h2,4H,1H2,(H,9,10). The fourth-order valence-electron chi connectivity index (χ4n) is 0.567. The first-order valence-corrected chi connectivity index (χ1v) is 4.25. The van der Waals surface area contributed by atoms with E-state index < -0.39 is 0 Å². The molecule has 1 heterocycles. The Balaban J connectivity index is 2.39. The number of aliphatic imine (C=N–C) groups is 1. The van der Waals surface area contributed by atoms with Gasteiger partial charge in [-0.25, -0.2) is 4.98 Å². The van der Waals surface area contributed by atoms with Crippen molar-refractivity contribution in [1.29, 1.82) is 5.26 Å². The van der Waals surface area contributed by atoms with E-state index in [-0.39, 0.29) is 0 Å². The van der Waals surface area contributed by atoms with E-state index in [1.165, 1.54) is 17.7 Å². The van der Waals surface area contributed by atoms with Gasteiger partial charge in [0.2, 0.25) is 0 Å². The summed E-state index contributed by atoms with van der Waals surface area (Å²) >= 11 is 6.96. The van der Waals surface area contributed by atoms with E-state index in [0.29, 0.717) is 11.0 Å². The van der Waals surface area contributed by atoms with Crippen molar-refractivity contribution in [3.8, 4) is 6.19 Å². The summed E-state index contributed by atoms with van der Waals surface area (Å²) in [5.74, 6) is 0. The van der Waals surface area contributed by atoms with E-state index in [1.54, 1.807) is 12.4 Å². The van der Waals surface area contributed by atoms with Gasteiger partial charge in [-0.1, -0.05) is 11.6 Å². The maximum absolute atomic E-state index is 8.08. The minimum atomic E-state index is 0.499. The van der Waals surface area contributed by atoms with Gasteiger partial charge in [-0.15, -0.1) is 11.3 Å². The zero-order valence-electron chi connectivity index (χ0n) is 5.99. The number of thiazole rings is 1. The topological polar surface area (TPSA) is 61.1 Å². The summed E-state index contributed by atoms with van der Waals surface area (Å²) in [7, 11) is 0. The number of nitrogens with one attached hydrogen (secondary N) is 1. The third kappa shape index (κ3) is 2.86. The van der Waals surface area contributed by atoms with Crippen LogP contribution >= 0.6 is 22.9 Å². The van der Waals surface area contributed by atoms with E-state index in [4.69, 9.17) is 16.9 Å². The van der Waals surface area contributed by atoms with Gasteiger partial charge in [-0.2, -0.15) is 5.26 Å². The zero-order chi connectivity index (χ0) is 8.81. The summed E-state index contributed by atoms with van der Waals surface area (Å²) in [4.78, 5) is 8.71. The van der Waals surface area contributed by atoms with Gasteiger partial charge < -0.3 is 0 Å². The van der Waals surface area contributed by atoms with Crippen LogP contribution in [0.15, 0.2) is 11.2 Å². The van der Waals surface area contributed by atoms with E-state index in [2.05, 4.69) is 15.3 Å². The van der Waals surface area contributed by atoms with Crippen LogP contribution in [0.2, 0.25) is 4.47 Å². The van der Waals surface area contributed by atoms with Crippen LogP contribution in [-0.2, 0) is 6.54 Å². The molecule has 62 valence electrons. The Morgan fingerprint density at radius 2 is 2.75 bits per heavy atom. The Bertz CT molecular complexity index is 314. The van der Waals surface area contributed by atoms with Crippen LogP contribution in [0.3, 0.4) is 0 Å². The molecular formula is C6H5ClN4S. The maximum Gasteiger partial charge on any atom is 0.183 e. The molecule has 6 heteroatoms. The molecular weight excluding hydrogens is 196 g/mol. The van der Waals surface area contributed by atoms with Crippen LogP contribution in [0.1, 0.15) is 4.88 Å². The van der Waals surface area contributed by atoms with Crippen molar-refractivity contribution >= 4 is 29.3 Å². The predicted molar refractivity (Wildman–Crippen MR) is 48.1 cm³/mol. The largest absolute Gasteiger partial charge is 0.283 e. The summed E-state index contributed by atoms with van der Waals surface area (Å²) in [6.07, 6.45) is 4.73. The summed E-state index contributed by atoms with van der Waals surface area (Å²) in [6.45, 7) is 0.499. The second kappa shape index (κ2) is 4.70. The summed E-state index contributed by atoms with van der Waals surface area (Å²) in [5.41, 5.74) is 0. The van der Waals surface area contributed by atoms with Crippen LogP contribution in [0.4, 0.5) is 0 Å². The van der Waals surface area contributed by atoms with Gasteiger partial charge in [-0.3, -0.25) is 10.3 Å². The lowest BCUT2D eigenvalue weighted by Crippen LogP contribution is -1.99. The number of aromatic nitrogens is 1. The minimum Gasteiger partial charge on any atom is -0.283 e. The Labute approximate surface area is 78.5 Å². The molecule has 1 N–H and O–H groups in total. The zero-order valence-corrected chi connectivity index (χ0v) is 7.56. The van der Waals surface area contributed by atoms with E-state index in [9.17, 15) is 0 Å². The average molecular weight is 201 g/mol. The van der Waals surface area contributed by atoms with Crippen molar-refractivity contribution in [2.24, 2.45) is 4.99 Å². The molecule has 4 nitrogen and oxygen atoms in total. The van der Waals surface area contributed by atoms with Crippen molar-refractivity contribution in [2.45, 2.75) is 6.54 Å². The molecule has 1 aromatic heterocycles. The number of nitriles is 1. The van der Waals surface area contributed by atoms with Crippen LogP contribution in [0.25, 0.3) is 0 Å². The number of nitrogens with zero attached hydrogens (tertiary/aromatic N) is 3. The molecule has 0 aliphatic carbocycles. The second-order valence-electron chi connectivity index (χ2n) is 1.81. The molecule has 1 rings (SSSR count). The molecule has 0 aliphatic heterocycles. The minimum absolute atomic E-state index is 0.499. The Hall–Kier alpha value is -1.12. The lowest BCUT2D eigenvalue weighted by Gasteiger charge is -1.85. The molecule has 0 fully saturated rings. The molecule has 0 radical (unpaired) electrons. The summed E-state index contributed by atoms with van der Waals surface area (Å²) < 4.78 is 0.508. The van der Waals surface area contributed by atoms with Gasteiger partial charge in [0.1, 0.15) is 0 Å². The average Bonchev–Trinajstić information content (AvgIpc) is 2.45. The van der Waals surface area contributed by atoms with Gasteiger partial charge in [0.05, 0.1) is 12.9 Å². The number of hydrogen-bond acceptors (Lipinski definition) is 4. The molecule has 0 aliphatic rings. The van der Waals surface area contributed by atoms with Crippen LogP contribution in [-0.4, -0.2) is 11.3 Å². The molecule has 1 aromatic rings. The third-order valence-electron chi connectivity index (χ3n) is 0.993. The molecule has 0 saturated carbocycles. The monoisotopic (exact) mass is 200 g/mol. The van der Waals surface area contributed by atoms with Gasteiger partial charge in [-0.05, 0) is 0 Å². The first-order valence-electron chi connectivity index (χ1n) is 3.06.